The Kier molecular flexibility index (Phi) is 5.51. The Morgan fingerprint density at radius 2 is 1.75 bits per heavy atom. The molecule has 8 heteroatoms. The Labute approximate surface area is 135 Å². The maximum atomic E-state index is 12.8. The minimum atomic E-state index is -4.50. The fourth-order valence-corrected chi connectivity index (χ4v) is 1.83. The van der Waals surface area contributed by atoms with Crippen molar-refractivity contribution in [3.63, 3.8) is 0 Å². The van der Waals surface area contributed by atoms with Crippen LogP contribution in [0.15, 0.2) is 53.6 Å². The minimum absolute atomic E-state index is 0.156. The molecule has 0 fully saturated rings. The monoisotopic (exact) mass is 339 g/mol. The number of anilines is 1. The lowest BCUT2D eigenvalue weighted by Crippen LogP contribution is -2.26. The number of hydrogen-bond acceptors (Lipinski definition) is 3. The van der Waals surface area contributed by atoms with Crippen LogP contribution in [0.4, 0.5) is 23.2 Å². The van der Waals surface area contributed by atoms with Gasteiger partial charge in [-0.3, -0.25) is 4.79 Å². The molecule has 4 nitrogen and oxygen atoms in total. The molecular formula is C16H13F4N3O. The summed E-state index contributed by atoms with van der Waals surface area (Å²) in [4.78, 5) is 11.6. The number of rotatable bonds is 5. The summed E-state index contributed by atoms with van der Waals surface area (Å²) >= 11 is 0. The minimum Gasteiger partial charge on any atom is -0.376 e. The molecule has 0 unspecified atom stereocenters. The van der Waals surface area contributed by atoms with Crippen LogP contribution >= 0.6 is 0 Å². The third kappa shape index (κ3) is 5.08. The standard InChI is InChI=1S/C16H13F4N3O/c17-12-5-7-13(8-6-12)21-10-15(24)23-22-9-11-3-1-2-4-14(11)16(18,19)20/h1-9,21H,10H2,(H,23,24)/b22-9+. The zero-order chi connectivity index (χ0) is 17.6. The van der Waals surface area contributed by atoms with Gasteiger partial charge in [0.15, 0.2) is 0 Å². The van der Waals surface area contributed by atoms with E-state index >= 15 is 0 Å². The van der Waals surface area contributed by atoms with Crippen molar-refractivity contribution < 1.29 is 22.4 Å². The van der Waals surface area contributed by atoms with Crippen molar-refractivity contribution in [2.45, 2.75) is 6.18 Å². The number of alkyl halides is 3. The molecule has 0 aliphatic carbocycles. The van der Waals surface area contributed by atoms with Crippen molar-refractivity contribution in [2.75, 3.05) is 11.9 Å². The molecule has 2 aromatic carbocycles. The van der Waals surface area contributed by atoms with Gasteiger partial charge < -0.3 is 5.32 Å². The van der Waals surface area contributed by atoms with E-state index in [-0.39, 0.29) is 12.1 Å². The molecule has 0 spiro atoms. The van der Waals surface area contributed by atoms with Crippen molar-refractivity contribution in [1.82, 2.24) is 5.43 Å². The van der Waals surface area contributed by atoms with Crippen molar-refractivity contribution >= 4 is 17.8 Å². The SMILES string of the molecule is O=C(CNc1ccc(F)cc1)N/N=C/c1ccccc1C(F)(F)F. The van der Waals surface area contributed by atoms with Crippen LogP contribution in [-0.4, -0.2) is 18.7 Å². The molecule has 0 atom stereocenters. The number of carbonyl (C=O) groups is 1. The summed E-state index contributed by atoms with van der Waals surface area (Å²) in [7, 11) is 0. The second kappa shape index (κ2) is 7.58. The highest BCUT2D eigenvalue weighted by Crippen LogP contribution is 2.30. The van der Waals surface area contributed by atoms with Crippen LogP contribution < -0.4 is 10.7 Å². The number of hydrogen-bond donors (Lipinski definition) is 2. The van der Waals surface area contributed by atoms with Crippen LogP contribution in [0.5, 0.6) is 0 Å². The van der Waals surface area contributed by atoms with E-state index in [1.54, 1.807) is 0 Å². The first-order chi connectivity index (χ1) is 11.4. The number of amides is 1. The summed E-state index contributed by atoms with van der Waals surface area (Å²) in [5, 5.41) is 6.24. The van der Waals surface area contributed by atoms with Gasteiger partial charge in [-0.25, -0.2) is 9.82 Å². The maximum Gasteiger partial charge on any atom is 0.417 e. The van der Waals surface area contributed by atoms with Gasteiger partial charge in [0, 0.05) is 11.3 Å². The molecular weight excluding hydrogens is 326 g/mol. The summed E-state index contributed by atoms with van der Waals surface area (Å²) in [6, 6.07) is 10.2. The maximum absolute atomic E-state index is 12.8. The average molecular weight is 339 g/mol. The van der Waals surface area contributed by atoms with Crippen LogP contribution in [0.25, 0.3) is 0 Å². The average Bonchev–Trinajstić information content (AvgIpc) is 2.54. The first kappa shape index (κ1) is 17.5. The Morgan fingerprint density at radius 3 is 2.42 bits per heavy atom. The Balaban J connectivity index is 1.90. The van der Waals surface area contributed by atoms with Crippen LogP contribution in [0.3, 0.4) is 0 Å². The number of nitrogens with one attached hydrogen (secondary N) is 2. The lowest BCUT2D eigenvalue weighted by Gasteiger charge is -2.09. The quantitative estimate of drug-likeness (QED) is 0.498. The number of halogens is 4. The molecule has 126 valence electrons. The van der Waals surface area contributed by atoms with Crippen LogP contribution in [0.1, 0.15) is 11.1 Å². The second-order valence-electron chi connectivity index (χ2n) is 4.74. The molecule has 1 amide bonds. The Bertz CT molecular complexity index is 727. The molecule has 0 heterocycles. The molecule has 0 aliphatic heterocycles. The number of carbonyl (C=O) groups excluding carboxylic acids is 1. The van der Waals surface area contributed by atoms with E-state index < -0.39 is 23.5 Å². The lowest BCUT2D eigenvalue weighted by atomic mass is 10.1. The number of benzene rings is 2. The van der Waals surface area contributed by atoms with Gasteiger partial charge in [-0.1, -0.05) is 18.2 Å². The highest BCUT2D eigenvalue weighted by atomic mass is 19.4. The van der Waals surface area contributed by atoms with Gasteiger partial charge >= 0.3 is 6.18 Å². The van der Waals surface area contributed by atoms with Gasteiger partial charge in [0.2, 0.25) is 0 Å². The second-order valence-corrected chi connectivity index (χ2v) is 4.74. The van der Waals surface area contributed by atoms with Gasteiger partial charge in [-0.2, -0.15) is 18.3 Å². The van der Waals surface area contributed by atoms with E-state index in [4.69, 9.17) is 0 Å². The molecule has 2 N–H and O–H groups in total. The molecule has 2 rings (SSSR count). The molecule has 24 heavy (non-hydrogen) atoms. The fraction of sp³-hybridized carbons (Fsp3) is 0.125. The lowest BCUT2D eigenvalue weighted by molar-refractivity contribution is -0.137. The summed E-state index contributed by atoms with van der Waals surface area (Å²) in [5.74, 6) is -0.960. The van der Waals surface area contributed by atoms with Crippen LogP contribution in [0.2, 0.25) is 0 Å². The smallest absolute Gasteiger partial charge is 0.376 e. The third-order valence-corrected chi connectivity index (χ3v) is 2.96. The van der Waals surface area contributed by atoms with E-state index in [9.17, 15) is 22.4 Å². The van der Waals surface area contributed by atoms with Gasteiger partial charge in [0.1, 0.15) is 5.82 Å². The molecule has 0 saturated heterocycles. The molecule has 2 aromatic rings. The topological polar surface area (TPSA) is 53.5 Å². The molecule has 0 bridgehead atoms. The van der Waals surface area contributed by atoms with E-state index in [2.05, 4.69) is 15.8 Å². The largest absolute Gasteiger partial charge is 0.417 e. The summed E-state index contributed by atoms with van der Waals surface area (Å²) in [6.07, 6.45) is -3.57. The molecule has 0 aromatic heterocycles. The molecule has 0 aliphatic rings. The number of hydrazone groups is 1. The highest BCUT2D eigenvalue weighted by molar-refractivity contribution is 5.85. The Morgan fingerprint density at radius 1 is 1.08 bits per heavy atom. The van der Waals surface area contributed by atoms with E-state index in [1.807, 2.05) is 0 Å². The zero-order valence-corrected chi connectivity index (χ0v) is 12.3. The van der Waals surface area contributed by atoms with Crippen LogP contribution in [-0.2, 0) is 11.0 Å². The van der Waals surface area contributed by atoms with Gasteiger partial charge in [-0.05, 0) is 30.3 Å². The predicted molar refractivity (Wildman–Crippen MR) is 82.1 cm³/mol. The Hall–Kier alpha value is -2.90. The molecule has 0 saturated carbocycles. The van der Waals surface area contributed by atoms with E-state index in [1.165, 1.54) is 42.5 Å². The van der Waals surface area contributed by atoms with Gasteiger partial charge in [0.25, 0.3) is 5.91 Å². The van der Waals surface area contributed by atoms with Crippen molar-refractivity contribution in [3.8, 4) is 0 Å². The third-order valence-electron chi connectivity index (χ3n) is 2.96. The van der Waals surface area contributed by atoms with E-state index in [0.29, 0.717) is 5.69 Å². The fourth-order valence-electron chi connectivity index (χ4n) is 1.83. The normalized spacial score (nSPS) is 11.5. The summed E-state index contributed by atoms with van der Waals surface area (Å²) < 4.78 is 51.1. The zero-order valence-electron chi connectivity index (χ0n) is 12.3. The summed E-state index contributed by atoms with van der Waals surface area (Å²) in [5.41, 5.74) is 1.65. The first-order valence-corrected chi connectivity index (χ1v) is 6.84. The van der Waals surface area contributed by atoms with Gasteiger partial charge in [-0.15, -0.1) is 0 Å². The summed E-state index contributed by atoms with van der Waals surface area (Å²) in [6.45, 7) is -0.163. The van der Waals surface area contributed by atoms with E-state index in [0.717, 1.165) is 12.3 Å². The first-order valence-electron chi connectivity index (χ1n) is 6.84. The van der Waals surface area contributed by atoms with Gasteiger partial charge in [0.05, 0.1) is 18.3 Å². The van der Waals surface area contributed by atoms with Crippen molar-refractivity contribution in [3.05, 3.63) is 65.5 Å². The molecule has 0 radical (unpaired) electrons. The van der Waals surface area contributed by atoms with Crippen LogP contribution in [0, 0.1) is 5.82 Å². The van der Waals surface area contributed by atoms with Crippen molar-refractivity contribution in [1.29, 1.82) is 0 Å². The predicted octanol–water partition coefficient (Wildman–Crippen LogP) is 3.41. The number of nitrogens with zero attached hydrogens (tertiary/aromatic N) is 1. The van der Waals surface area contributed by atoms with Crippen molar-refractivity contribution in [2.24, 2.45) is 5.10 Å². The highest BCUT2D eigenvalue weighted by Gasteiger charge is 2.32.